The van der Waals surface area contributed by atoms with Crippen molar-refractivity contribution < 1.29 is 14.4 Å². The number of fused-ring (bicyclic) bond motifs is 1. The average Bonchev–Trinajstić information content (AvgIpc) is 2.86. The molecular formula is C12H12N2O3S. The van der Waals surface area contributed by atoms with E-state index < -0.39 is 11.8 Å². The van der Waals surface area contributed by atoms with Crippen LogP contribution in [0.5, 0.6) is 0 Å². The molecule has 0 bridgehead atoms. The molecule has 3 rings (SSSR count). The van der Waals surface area contributed by atoms with Crippen LogP contribution in [-0.4, -0.2) is 35.7 Å². The fraction of sp³-hybridized carbons (Fsp3) is 0.417. The Labute approximate surface area is 108 Å². The highest BCUT2D eigenvalue weighted by atomic mass is 32.1. The van der Waals surface area contributed by atoms with Crippen LogP contribution >= 0.6 is 11.3 Å². The standard InChI is InChI=1S/C12H12N2O3S/c15-10-5-14(6-11(16)13-10)12(17)9-4-7-2-1-3-8(7)18-9/h4H,1-3,5-6H2,(H,13,15,16). The Morgan fingerprint density at radius 2 is 1.94 bits per heavy atom. The van der Waals surface area contributed by atoms with Crippen LogP contribution in [0.4, 0.5) is 0 Å². The number of aryl methyl sites for hydroxylation is 2. The second-order valence-electron chi connectivity index (χ2n) is 4.55. The zero-order valence-corrected chi connectivity index (χ0v) is 10.5. The number of carbonyl (C=O) groups is 3. The maximum Gasteiger partial charge on any atom is 0.264 e. The van der Waals surface area contributed by atoms with E-state index in [1.807, 2.05) is 6.07 Å². The third-order valence-electron chi connectivity index (χ3n) is 3.19. The fourth-order valence-electron chi connectivity index (χ4n) is 2.37. The molecule has 2 heterocycles. The van der Waals surface area contributed by atoms with Gasteiger partial charge < -0.3 is 4.90 Å². The van der Waals surface area contributed by atoms with Crippen molar-refractivity contribution in [1.82, 2.24) is 10.2 Å². The maximum absolute atomic E-state index is 12.2. The van der Waals surface area contributed by atoms with Gasteiger partial charge in [0.15, 0.2) is 0 Å². The lowest BCUT2D eigenvalue weighted by Crippen LogP contribution is -2.53. The molecule has 1 aliphatic carbocycles. The molecule has 3 amide bonds. The van der Waals surface area contributed by atoms with Crippen molar-refractivity contribution in [2.24, 2.45) is 0 Å². The molecule has 1 N–H and O–H groups in total. The molecule has 0 aromatic carbocycles. The highest BCUT2D eigenvalue weighted by Gasteiger charge is 2.29. The van der Waals surface area contributed by atoms with E-state index in [2.05, 4.69) is 5.32 Å². The topological polar surface area (TPSA) is 66.5 Å². The van der Waals surface area contributed by atoms with E-state index in [9.17, 15) is 14.4 Å². The Morgan fingerprint density at radius 3 is 2.61 bits per heavy atom. The van der Waals surface area contributed by atoms with Crippen LogP contribution in [0.15, 0.2) is 6.07 Å². The van der Waals surface area contributed by atoms with Crippen LogP contribution in [0.3, 0.4) is 0 Å². The first-order chi connectivity index (χ1) is 8.63. The fourth-order valence-corrected chi connectivity index (χ4v) is 3.59. The molecular weight excluding hydrogens is 252 g/mol. The largest absolute Gasteiger partial charge is 0.319 e. The Kier molecular flexibility index (Phi) is 2.66. The summed E-state index contributed by atoms with van der Waals surface area (Å²) in [5.74, 6) is -1.04. The molecule has 1 saturated heterocycles. The van der Waals surface area contributed by atoms with Gasteiger partial charge in [0.05, 0.1) is 4.88 Å². The van der Waals surface area contributed by atoms with E-state index >= 15 is 0 Å². The van der Waals surface area contributed by atoms with Crippen molar-refractivity contribution in [2.45, 2.75) is 19.3 Å². The summed E-state index contributed by atoms with van der Waals surface area (Å²) in [5, 5.41) is 2.19. The summed E-state index contributed by atoms with van der Waals surface area (Å²) < 4.78 is 0. The second-order valence-corrected chi connectivity index (χ2v) is 5.68. The molecule has 18 heavy (non-hydrogen) atoms. The quantitative estimate of drug-likeness (QED) is 0.744. The Bertz CT molecular complexity index is 512. The van der Waals surface area contributed by atoms with Crippen LogP contribution in [0.1, 0.15) is 26.5 Å². The molecule has 2 aliphatic rings. The van der Waals surface area contributed by atoms with Crippen LogP contribution in [0.2, 0.25) is 0 Å². The van der Waals surface area contributed by atoms with Gasteiger partial charge in [0.1, 0.15) is 13.1 Å². The number of carbonyl (C=O) groups excluding carboxylic acids is 3. The van der Waals surface area contributed by atoms with Gasteiger partial charge in [-0.3, -0.25) is 19.7 Å². The van der Waals surface area contributed by atoms with Crippen molar-refractivity contribution in [3.8, 4) is 0 Å². The molecule has 0 saturated carbocycles. The number of nitrogens with one attached hydrogen (secondary N) is 1. The van der Waals surface area contributed by atoms with E-state index in [-0.39, 0.29) is 19.0 Å². The summed E-state index contributed by atoms with van der Waals surface area (Å²) in [6.07, 6.45) is 3.21. The number of amides is 3. The average molecular weight is 264 g/mol. The van der Waals surface area contributed by atoms with Crippen molar-refractivity contribution in [1.29, 1.82) is 0 Å². The number of hydrogen-bond acceptors (Lipinski definition) is 4. The van der Waals surface area contributed by atoms with E-state index in [0.29, 0.717) is 4.88 Å². The van der Waals surface area contributed by atoms with Gasteiger partial charge in [-0.1, -0.05) is 0 Å². The summed E-state index contributed by atoms with van der Waals surface area (Å²) >= 11 is 1.49. The Hall–Kier alpha value is -1.69. The zero-order chi connectivity index (χ0) is 12.7. The Balaban J connectivity index is 1.81. The number of thiophene rings is 1. The summed E-state index contributed by atoms with van der Waals surface area (Å²) in [6, 6.07) is 1.91. The van der Waals surface area contributed by atoms with Crippen LogP contribution in [0, 0.1) is 0 Å². The number of rotatable bonds is 1. The predicted molar refractivity (Wildman–Crippen MR) is 65.4 cm³/mol. The minimum Gasteiger partial charge on any atom is -0.319 e. The molecule has 1 fully saturated rings. The van der Waals surface area contributed by atoms with E-state index in [4.69, 9.17) is 0 Å². The van der Waals surface area contributed by atoms with Gasteiger partial charge in [0.25, 0.3) is 5.91 Å². The summed E-state index contributed by atoms with van der Waals surface area (Å²) in [5.41, 5.74) is 1.25. The molecule has 0 unspecified atom stereocenters. The number of imide groups is 1. The smallest absolute Gasteiger partial charge is 0.264 e. The third kappa shape index (κ3) is 1.92. The number of hydrogen-bond donors (Lipinski definition) is 1. The van der Waals surface area contributed by atoms with E-state index in [0.717, 1.165) is 19.3 Å². The molecule has 0 radical (unpaired) electrons. The first kappa shape index (κ1) is 11.4. The van der Waals surface area contributed by atoms with E-state index in [1.165, 1.54) is 26.7 Å². The molecule has 5 nitrogen and oxygen atoms in total. The van der Waals surface area contributed by atoms with Crippen molar-refractivity contribution in [2.75, 3.05) is 13.1 Å². The first-order valence-corrected chi connectivity index (χ1v) is 6.68. The van der Waals surface area contributed by atoms with Gasteiger partial charge in [-0.15, -0.1) is 11.3 Å². The van der Waals surface area contributed by atoms with E-state index in [1.54, 1.807) is 0 Å². The van der Waals surface area contributed by atoms with Crippen LogP contribution in [0.25, 0.3) is 0 Å². The van der Waals surface area contributed by atoms with Crippen LogP contribution in [-0.2, 0) is 22.4 Å². The lowest BCUT2D eigenvalue weighted by atomic mass is 10.2. The van der Waals surface area contributed by atoms with Crippen LogP contribution < -0.4 is 5.32 Å². The highest BCUT2D eigenvalue weighted by Crippen LogP contribution is 2.31. The normalized spacial score (nSPS) is 18.8. The SMILES string of the molecule is O=C1CN(C(=O)c2cc3c(s2)CCC3)CC(=O)N1. The molecule has 6 heteroatoms. The lowest BCUT2D eigenvalue weighted by Gasteiger charge is -2.24. The number of piperazine rings is 1. The zero-order valence-electron chi connectivity index (χ0n) is 9.69. The van der Waals surface area contributed by atoms with Gasteiger partial charge >= 0.3 is 0 Å². The minimum absolute atomic E-state index is 0.0346. The molecule has 94 valence electrons. The van der Waals surface area contributed by atoms with Gasteiger partial charge in [0.2, 0.25) is 11.8 Å². The van der Waals surface area contributed by atoms with Gasteiger partial charge in [-0.05, 0) is 30.9 Å². The number of nitrogens with zero attached hydrogens (tertiary/aromatic N) is 1. The third-order valence-corrected chi connectivity index (χ3v) is 4.42. The summed E-state index contributed by atoms with van der Waals surface area (Å²) in [7, 11) is 0. The monoisotopic (exact) mass is 264 g/mol. The molecule has 1 aliphatic heterocycles. The molecule has 0 atom stereocenters. The maximum atomic E-state index is 12.2. The lowest BCUT2D eigenvalue weighted by molar-refractivity contribution is -0.135. The highest BCUT2D eigenvalue weighted by molar-refractivity contribution is 7.14. The minimum atomic E-state index is -0.413. The van der Waals surface area contributed by atoms with Crippen molar-refractivity contribution in [3.05, 3.63) is 21.4 Å². The summed E-state index contributed by atoms with van der Waals surface area (Å²) in [6.45, 7) is -0.0692. The molecule has 1 aromatic heterocycles. The van der Waals surface area contributed by atoms with Gasteiger partial charge in [-0.2, -0.15) is 0 Å². The summed E-state index contributed by atoms with van der Waals surface area (Å²) in [4.78, 5) is 37.9. The van der Waals surface area contributed by atoms with Gasteiger partial charge in [-0.25, -0.2) is 0 Å². The Morgan fingerprint density at radius 1 is 1.22 bits per heavy atom. The first-order valence-electron chi connectivity index (χ1n) is 5.87. The van der Waals surface area contributed by atoms with Gasteiger partial charge in [0, 0.05) is 4.88 Å². The van der Waals surface area contributed by atoms with Crippen molar-refractivity contribution in [3.63, 3.8) is 0 Å². The second kappa shape index (κ2) is 4.20. The molecule has 0 spiro atoms. The molecule has 1 aromatic rings. The van der Waals surface area contributed by atoms with Crippen molar-refractivity contribution >= 4 is 29.1 Å². The predicted octanol–water partition coefficient (Wildman–Crippen LogP) is 0.335.